The zero-order valence-corrected chi connectivity index (χ0v) is 14.0. The molecule has 0 N–H and O–H groups in total. The maximum atomic E-state index is 12.5. The van der Waals surface area contributed by atoms with E-state index in [1.54, 1.807) is 23.4 Å². The lowest BCUT2D eigenvalue weighted by atomic mass is 10.0. The summed E-state index contributed by atoms with van der Waals surface area (Å²) in [5.41, 5.74) is 0.585. The van der Waals surface area contributed by atoms with E-state index < -0.39 is 0 Å². The Kier molecular flexibility index (Phi) is 4.33. The molecule has 2 fully saturated rings. The van der Waals surface area contributed by atoms with Crippen molar-refractivity contribution in [3.05, 3.63) is 28.5 Å². The predicted octanol–water partition coefficient (Wildman–Crippen LogP) is 2.29. The minimum Gasteiger partial charge on any atom is -0.444 e. The van der Waals surface area contributed by atoms with Gasteiger partial charge in [-0.05, 0) is 41.8 Å². The maximum absolute atomic E-state index is 12.5. The molecule has 0 radical (unpaired) electrons. The van der Waals surface area contributed by atoms with E-state index in [0.717, 1.165) is 17.3 Å². The van der Waals surface area contributed by atoms with Crippen molar-refractivity contribution >= 4 is 27.9 Å². The van der Waals surface area contributed by atoms with Crippen molar-refractivity contribution in [2.24, 2.45) is 0 Å². The van der Waals surface area contributed by atoms with Crippen LogP contribution in [-0.2, 0) is 4.74 Å². The quantitative estimate of drug-likeness (QED) is 0.804. The third kappa shape index (κ3) is 3.09. The first kappa shape index (κ1) is 15.3. The van der Waals surface area contributed by atoms with Crippen molar-refractivity contribution in [3.63, 3.8) is 0 Å². The van der Waals surface area contributed by atoms with Gasteiger partial charge in [0.25, 0.3) is 5.91 Å². The Bertz CT molecular complexity index is 587. The van der Waals surface area contributed by atoms with E-state index >= 15 is 0 Å². The molecule has 118 valence electrons. The summed E-state index contributed by atoms with van der Waals surface area (Å²) >= 11 is 3.33. The van der Waals surface area contributed by atoms with Crippen LogP contribution >= 0.6 is 15.9 Å². The topological polar surface area (TPSA) is 62.7 Å². The molecule has 1 unspecified atom stereocenters. The second-order valence-electron chi connectivity index (χ2n) is 5.76. The zero-order valence-electron chi connectivity index (χ0n) is 12.4. The van der Waals surface area contributed by atoms with Gasteiger partial charge in [-0.15, -0.1) is 0 Å². The highest BCUT2D eigenvalue weighted by molar-refractivity contribution is 9.10. The van der Waals surface area contributed by atoms with Crippen LogP contribution in [0.1, 0.15) is 30.1 Å². The average Bonchev–Trinajstić information content (AvgIpc) is 2.85. The standard InChI is InChI=1S/C15H18BrN3O3/c1-10-9-19(15(21)22-10)13-2-4-18(5-3-13)14(20)11-6-12(16)8-17-7-11/h6-8,10,13H,2-5,9H2,1H3. The van der Waals surface area contributed by atoms with Crippen LogP contribution in [0.3, 0.4) is 0 Å². The first-order valence-electron chi connectivity index (χ1n) is 7.41. The molecule has 0 spiro atoms. The normalized spacial score (nSPS) is 22.8. The van der Waals surface area contributed by atoms with E-state index in [1.165, 1.54) is 0 Å². The summed E-state index contributed by atoms with van der Waals surface area (Å²) in [7, 11) is 0. The number of hydrogen-bond donors (Lipinski definition) is 0. The largest absolute Gasteiger partial charge is 0.444 e. The van der Waals surface area contributed by atoms with Gasteiger partial charge in [-0.25, -0.2) is 4.79 Å². The van der Waals surface area contributed by atoms with Crippen LogP contribution < -0.4 is 0 Å². The summed E-state index contributed by atoms with van der Waals surface area (Å²) in [6.45, 7) is 3.84. The molecule has 3 rings (SSSR count). The van der Waals surface area contributed by atoms with Crippen LogP contribution in [-0.4, -0.2) is 58.6 Å². The number of likely N-dealkylation sites (tertiary alicyclic amines) is 1. The fourth-order valence-corrected chi connectivity index (χ4v) is 3.38. The Labute approximate surface area is 137 Å². The maximum Gasteiger partial charge on any atom is 0.410 e. The summed E-state index contributed by atoms with van der Waals surface area (Å²) in [5.74, 6) is -0.00961. The van der Waals surface area contributed by atoms with Gasteiger partial charge in [0.15, 0.2) is 0 Å². The first-order valence-corrected chi connectivity index (χ1v) is 8.21. The number of hydrogen-bond acceptors (Lipinski definition) is 4. The molecule has 1 aromatic rings. The molecule has 3 heterocycles. The molecule has 2 aliphatic heterocycles. The van der Waals surface area contributed by atoms with Crippen molar-refractivity contribution in [1.29, 1.82) is 0 Å². The highest BCUT2D eigenvalue weighted by Gasteiger charge is 2.36. The predicted molar refractivity (Wildman–Crippen MR) is 83.5 cm³/mol. The highest BCUT2D eigenvalue weighted by Crippen LogP contribution is 2.23. The molecule has 1 aromatic heterocycles. The van der Waals surface area contributed by atoms with Crippen molar-refractivity contribution in [1.82, 2.24) is 14.8 Å². The van der Waals surface area contributed by atoms with Gasteiger partial charge < -0.3 is 14.5 Å². The lowest BCUT2D eigenvalue weighted by molar-refractivity contribution is 0.0658. The molecule has 0 bridgehead atoms. The Hall–Kier alpha value is -1.63. The van der Waals surface area contributed by atoms with E-state index in [4.69, 9.17) is 4.74 Å². The Morgan fingerprint density at radius 2 is 2.09 bits per heavy atom. The monoisotopic (exact) mass is 367 g/mol. The summed E-state index contributed by atoms with van der Waals surface area (Å²) < 4.78 is 5.97. The average molecular weight is 368 g/mol. The molecule has 2 amide bonds. The number of carbonyl (C=O) groups excluding carboxylic acids is 2. The van der Waals surface area contributed by atoms with E-state index in [2.05, 4.69) is 20.9 Å². The fraction of sp³-hybridized carbons (Fsp3) is 0.533. The number of pyridine rings is 1. The molecule has 6 nitrogen and oxygen atoms in total. The summed E-state index contributed by atoms with van der Waals surface area (Å²) in [5, 5.41) is 0. The van der Waals surface area contributed by atoms with Crippen molar-refractivity contribution in [2.45, 2.75) is 31.9 Å². The van der Waals surface area contributed by atoms with Crippen LogP contribution in [0.25, 0.3) is 0 Å². The van der Waals surface area contributed by atoms with Gasteiger partial charge in [0.1, 0.15) is 6.10 Å². The number of cyclic esters (lactones) is 1. The molecule has 1 atom stereocenters. The third-order valence-electron chi connectivity index (χ3n) is 4.13. The lowest BCUT2D eigenvalue weighted by Crippen LogP contribution is -2.47. The second kappa shape index (κ2) is 6.24. The molecular weight excluding hydrogens is 350 g/mol. The number of halogens is 1. The third-order valence-corrected chi connectivity index (χ3v) is 4.57. The number of ether oxygens (including phenoxy) is 1. The molecule has 0 saturated carbocycles. The van der Waals surface area contributed by atoms with E-state index in [9.17, 15) is 9.59 Å². The molecular formula is C15H18BrN3O3. The Morgan fingerprint density at radius 1 is 1.36 bits per heavy atom. The molecule has 2 saturated heterocycles. The molecule has 22 heavy (non-hydrogen) atoms. The van der Waals surface area contributed by atoms with Gasteiger partial charge in [0, 0.05) is 36.0 Å². The fourth-order valence-electron chi connectivity index (χ4n) is 3.02. The molecule has 7 heteroatoms. The van der Waals surface area contributed by atoms with E-state index in [1.807, 2.05) is 11.8 Å². The minimum atomic E-state index is -0.228. The minimum absolute atomic E-state index is 0.00961. The number of aromatic nitrogens is 1. The number of piperidine rings is 1. The summed E-state index contributed by atoms with van der Waals surface area (Å²) in [6, 6.07) is 1.95. The molecule has 0 aliphatic carbocycles. The molecule has 2 aliphatic rings. The number of nitrogens with zero attached hydrogens (tertiary/aromatic N) is 3. The van der Waals surface area contributed by atoms with Crippen molar-refractivity contribution in [2.75, 3.05) is 19.6 Å². The summed E-state index contributed by atoms with van der Waals surface area (Å²) in [4.78, 5) is 31.9. The number of carbonyl (C=O) groups is 2. The van der Waals surface area contributed by atoms with Crippen LogP contribution in [0.15, 0.2) is 22.9 Å². The highest BCUT2D eigenvalue weighted by atomic mass is 79.9. The van der Waals surface area contributed by atoms with Gasteiger partial charge in [-0.3, -0.25) is 9.78 Å². The van der Waals surface area contributed by atoms with Gasteiger partial charge in [0.2, 0.25) is 0 Å². The van der Waals surface area contributed by atoms with Crippen molar-refractivity contribution < 1.29 is 14.3 Å². The lowest BCUT2D eigenvalue weighted by Gasteiger charge is -2.35. The van der Waals surface area contributed by atoms with Gasteiger partial charge in [-0.1, -0.05) is 0 Å². The van der Waals surface area contributed by atoms with Gasteiger partial charge in [-0.2, -0.15) is 0 Å². The number of rotatable bonds is 2. The second-order valence-corrected chi connectivity index (χ2v) is 6.68. The van der Waals surface area contributed by atoms with Crippen molar-refractivity contribution in [3.8, 4) is 0 Å². The van der Waals surface area contributed by atoms with E-state index in [0.29, 0.717) is 25.2 Å². The Morgan fingerprint density at radius 3 is 2.68 bits per heavy atom. The number of amides is 2. The summed E-state index contributed by atoms with van der Waals surface area (Å²) in [6.07, 6.45) is 4.54. The van der Waals surface area contributed by atoms with Gasteiger partial charge in [0.05, 0.1) is 12.1 Å². The Balaban J connectivity index is 1.60. The van der Waals surface area contributed by atoms with Crippen LogP contribution in [0.5, 0.6) is 0 Å². The van der Waals surface area contributed by atoms with E-state index in [-0.39, 0.29) is 24.1 Å². The smallest absolute Gasteiger partial charge is 0.410 e. The first-order chi connectivity index (χ1) is 10.5. The van der Waals surface area contributed by atoms with Crippen LogP contribution in [0.2, 0.25) is 0 Å². The zero-order chi connectivity index (χ0) is 15.7. The SMILES string of the molecule is CC1CN(C2CCN(C(=O)c3cncc(Br)c3)CC2)C(=O)O1. The van der Waals surface area contributed by atoms with Crippen LogP contribution in [0, 0.1) is 0 Å². The van der Waals surface area contributed by atoms with Gasteiger partial charge >= 0.3 is 6.09 Å². The molecule has 0 aromatic carbocycles. The van der Waals surface area contributed by atoms with Crippen LogP contribution in [0.4, 0.5) is 4.79 Å².